The van der Waals surface area contributed by atoms with E-state index in [0.29, 0.717) is 5.92 Å². The van der Waals surface area contributed by atoms with E-state index in [1.54, 1.807) is 6.08 Å². The molecule has 4 aliphatic rings. The van der Waals surface area contributed by atoms with Gasteiger partial charge in [0.2, 0.25) is 0 Å². The first-order valence-corrected chi connectivity index (χ1v) is 8.92. The van der Waals surface area contributed by atoms with Gasteiger partial charge in [-0.25, -0.2) is 0 Å². The molecule has 0 aromatic rings. The summed E-state index contributed by atoms with van der Waals surface area (Å²) in [6, 6.07) is 0. The lowest BCUT2D eigenvalue weighted by molar-refractivity contribution is -0.110. The van der Waals surface area contributed by atoms with Crippen molar-refractivity contribution in [2.75, 3.05) is 0 Å². The molecule has 4 aliphatic carbocycles. The van der Waals surface area contributed by atoms with Crippen molar-refractivity contribution in [1.29, 1.82) is 0 Å². The first-order valence-electron chi connectivity index (χ1n) is 8.92. The van der Waals surface area contributed by atoms with E-state index < -0.39 is 0 Å². The normalized spacial score (nSPS) is 40.2. The van der Waals surface area contributed by atoms with E-state index in [4.69, 9.17) is 0 Å². The van der Waals surface area contributed by atoms with E-state index in [1.807, 2.05) is 13.0 Å². The summed E-state index contributed by atoms with van der Waals surface area (Å²) in [4.78, 5) is 11.8. The molecule has 122 valence electrons. The van der Waals surface area contributed by atoms with Crippen molar-refractivity contribution in [3.8, 4) is 0 Å². The average molecular weight is 310 g/mol. The highest BCUT2D eigenvalue weighted by Crippen LogP contribution is 2.61. The molecule has 0 heterocycles. The van der Waals surface area contributed by atoms with E-state index in [2.05, 4.69) is 26.0 Å². The van der Waals surface area contributed by atoms with Crippen LogP contribution in [-0.2, 0) is 4.79 Å². The van der Waals surface area contributed by atoms with Gasteiger partial charge in [0.25, 0.3) is 0 Å². The average Bonchev–Trinajstić information content (AvgIpc) is 2.85. The van der Waals surface area contributed by atoms with Crippen LogP contribution in [0.25, 0.3) is 0 Å². The molecule has 2 nitrogen and oxygen atoms in total. The maximum atomic E-state index is 11.8. The lowest BCUT2D eigenvalue weighted by Gasteiger charge is -2.48. The smallest absolute Gasteiger partial charge is 0.178 e. The van der Waals surface area contributed by atoms with Gasteiger partial charge in [-0.05, 0) is 80.6 Å². The van der Waals surface area contributed by atoms with Gasteiger partial charge in [-0.2, -0.15) is 0 Å². The van der Waals surface area contributed by atoms with Gasteiger partial charge in [-0.3, -0.25) is 4.79 Å². The van der Waals surface area contributed by atoms with Crippen LogP contribution in [0.15, 0.2) is 46.6 Å². The summed E-state index contributed by atoms with van der Waals surface area (Å²) < 4.78 is 0. The van der Waals surface area contributed by atoms with Crippen LogP contribution in [0, 0.1) is 16.7 Å². The number of ketones is 1. The minimum absolute atomic E-state index is 0.0629. The third-order valence-electron chi connectivity index (χ3n) is 7.01. The second-order valence-electron chi connectivity index (χ2n) is 8.18. The van der Waals surface area contributed by atoms with Crippen LogP contribution in [0.3, 0.4) is 0 Å². The zero-order valence-corrected chi connectivity index (χ0v) is 14.4. The number of aliphatic hydroxyl groups excluding tert-OH is 1. The van der Waals surface area contributed by atoms with Crippen molar-refractivity contribution in [3.05, 3.63) is 46.6 Å². The van der Waals surface area contributed by atoms with Crippen LogP contribution in [0.5, 0.6) is 0 Å². The number of hydrogen-bond acceptors (Lipinski definition) is 2. The molecule has 2 heteroatoms. The number of fused-ring (bicyclic) bond motifs is 4. The van der Waals surface area contributed by atoms with E-state index in [9.17, 15) is 9.90 Å². The number of hydrogen-bond donors (Lipinski definition) is 1. The van der Waals surface area contributed by atoms with Gasteiger partial charge in [0.05, 0.1) is 6.10 Å². The molecule has 1 N–H and O–H groups in total. The molecule has 0 radical (unpaired) electrons. The Labute approximate surface area is 138 Å². The van der Waals surface area contributed by atoms with E-state index in [-0.39, 0.29) is 22.7 Å². The molecule has 0 spiro atoms. The number of rotatable bonds is 1. The number of aliphatic hydroxyl groups is 1. The molecule has 0 bridgehead atoms. The second kappa shape index (κ2) is 4.80. The van der Waals surface area contributed by atoms with Gasteiger partial charge in [-0.15, -0.1) is 0 Å². The predicted octanol–water partition coefficient (Wildman–Crippen LogP) is 4.28. The van der Waals surface area contributed by atoms with Crippen molar-refractivity contribution in [2.24, 2.45) is 16.7 Å². The van der Waals surface area contributed by atoms with Crippen LogP contribution in [0.4, 0.5) is 0 Å². The van der Waals surface area contributed by atoms with Gasteiger partial charge < -0.3 is 5.11 Å². The SMILES string of the molecule is C[C@H](O)C1CC=C2C3=C(CC[C@@]21C)[C@@]1(C)C=CC(=O)C=C1CC3. The third kappa shape index (κ3) is 1.94. The summed E-state index contributed by atoms with van der Waals surface area (Å²) in [5, 5.41) is 10.2. The van der Waals surface area contributed by atoms with E-state index in [1.165, 1.54) is 22.3 Å². The van der Waals surface area contributed by atoms with Gasteiger partial charge in [0, 0.05) is 5.41 Å². The summed E-state index contributed by atoms with van der Waals surface area (Å²) in [6.45, 7) is 6.57. The van der Waals surface area contributed by atoms with Crippen LogP contribution in [0.2, 0.25) is 0 Å². The summed E-state index contributed by atoms with van der Waals surface area (Å²) in [7, 11) is 0. The van der Waals surface area contributed by atoms with Crippen molar-refractivity contribution in [3.63, 3.8) is 0 Å². The summed E-state index contributed by atoms with van der Waals surface area (Å²) >= 11 is 0. The van der Waals surface area contributed by atoms with Crippen molar-refractivity contribution >= 4 is 5.78 Å². The second-order valence-corrected chi connectivity index (χ2v) is 8.18. The molecular formula is C21H26O2. The molecular weight excluding hydrogens is 284 g/mol. The molecule has 0 saturated heterocycles. The number of carbonyl (C=O) groups excluding carboxylic acids is 1. The maximum absolute atomic E-state index is 11.8. The Morgan fingerprint density at radius 1 is 1.26 bits per heavy atom. The fraction of sp³-hybridized carbons (Fsp3) is 0.571. The highest BCUT2D eigenvalue weighted by Gasteiger charge is 2.50. The Bertz CT molecular complexity index is 703. The fourth-order valence-electron chi connectivity index (χ4n) is 5.62. The largest absolute Gasteiger partial charge is 0.393 e. The Hall–Kier alpha value is -1.41. The van der Waals surface area contributed by atoms with Crippen LogP contribution >= 0.6 is 0 Å². The standard InChI is InChI=1S/C21H26O2/c1-13(22)17-6-7-18-16-5-4-14-12-15(23)8-10-20(14,2)19(16)9-11-21(17,18)3/h7-8,10,12-13,17,22H,4-6,9,11H2,1-3H3/t13-,17?,20-,21+/m0/s1. The highest BCUT2D eigenvalue weighted by atomic mass is 16.3. The monoisotopic (exact) mass is 310 g/mol. The molecule has 0 saturated carbocycles. The lowest BCUT2D eigenvalue weighted by atomic mass is 9.56. The predicted molar refractivity (Wildman–Crippen MR) is 91.8 cm³/mol. The highest BCUT2D eigenvalue weighted by molar-refractivity contribution is 6.01. The zero-order chi connectivity index (χ0) is 16.4. The van der Waals surface area contributed by atoms with Crippen molar-refractivity contribution in [2.45, 2.75) is 59.0 Å². The molecule has 0 aliphatic heterocycles. The maximum Gasteiger partial charge on any atom is 0.178 e. The Morgan fingerprint density at radius 2 is 2.04 bits per heavy atom. The van der Waals surface area contributed by atoms with Gasteiger partial charge in [0.15, 0.2) is 5.78 Å². The van der Waals surface area contributed by atoms with E-state index in [0.717, 1.165) is 32.1 Å². The quantitative estimate of drug-likeness (QED) is 0.785. The molecule has 4 rings (SSSR count). The summed E-state index contributed by atoms with van der Waals surface area (Å²) in [6.07, 6.45) is 13.1. The molecule has 0 aromatic carbocycles. The van der Waals surface area contributed by atoms with Crippen LogP contribution < -0.4 is 0 Å². The van der Waals surface area contributed by atoms with Gasteiger partial charge in [0.1, 0.15) is 0 Å². The number of carbonyl (C=O) groups is 1. The minimum Gasteiger partial charge on any atom is -0.393 e. The van der Waals surface area contributed by atoms with E-state index >= 15 is 0 Å². The topological polar surface area (TPSA) is 37.3 Å². The molecule has 0 fully saturated rings. The number of allylic oxidation sites excluding steroid dienone is 8. The molecule has 0 aromatic heterocycles. The first kappa shape index (κ1) is 15.1. The minimum atomic E-state index is -0.252. The fourth-order valence-corrected chi connectivity index (χ4v) is 5.62. The van der Waals surface area contributed by atoms with Crippen LogP contribution in [0.1, 0.15) is 52.9 Å². The van der Waals surface area contributed by atoms with Crippen molar-refractivity contribution < 1.29 is 9.90 Å². The Kier molecular flexibility index (Phi) is 3.16. The Morgan fingerprint density at radius 3 is 2.78 bits per heavy atom. The van der Waals surface area contributed by atoms with Crippen LogP contribution in [-0.4, -0.2) is 17.0 Å². The zero-order valence-electron chi connectivity index (χ0n) is 14.4. The summed E-state index contributed by atoms with van der Waals surface area (Å²) in [5.41, 5.74) is 5.90. The summed E-state index contributed by atoms with van der Waals surface area (Å²) in [5.74, 6) is 0.483. The van der Waals surface area contributed by atoms with Crippen molar-refractivity contribution in [1.82, 2.24) is 0 Å². The molecule has 0 amide bonds. The molecule has 1 unspecified atom stereocenters. The first-order chi connectivity index (χ1) is 10.9. The molecule has 4 atom stereocenters. The Balaban J connectivity index is 1.81. The molecule has 23 heavy (non-hydrogen) atoms. The van der Waals surface area contributed by atoms with Gasteiger partial charge >= 0.3 is 0 Å². The van der Waals surface area contributed by atoms with Gasteiger partial charge in [-0.1, -0.05) is 30.2 Å². The lowest BCUT2D eigenvalue weighted by Crippen LogP contribution is -2.39. The third-order valence-corrected chi connectivity index (χ3v) is 7.01.